The number of nitrogens with one attached hydrogen (secondary N) is 1. The Labute approximate surface area is 199 Å². The summed E-state index contributed by atoms with van der Waals surface area (Å²) in [5.41, 5.74) is 1.53. The third kappa shape index (κ3) is 4.82. The van der Waals surface area contributed by atoms with E-state index in [-0.39, 0.29) is 29.5 Å². The van der Waals surface area contributed by atoms with Crippen LogP contribution in [0.15, 0.2) is 66.7 Å². The minimum absolute atomic E-state index is 0.0312. The molecule has 5 rings (SSSR count). The number of piperidine rings is 1. The SMILES string of the molecule is O=C(CCCN1CCC(C2C(=O)NCN2c2cccc(F)c2)CC1)c1ccc2ccccc2c1. The molecule has 0 spiro atoms. The number of rotatable bonds is 7. The molecule has 0 aliphatic carbocycles. The minimum atomic E-state index is -0.288. The first-order chi connectivity index (χ1) is 16.6. The van der Waals surface area contributed by atoms with Crippen molar-refractivity contribution in [2.45, 2.75) is 31.7 Å². The monoisotopic (exact) mass is 459 g/mol. The first kappa shape index (κ1) is 22.5. The lowest BCUT2D eigenvalue weighted by Crippen LogP contribution is -2.46. The molecule has 0 radical (unpaired) electrons. The summed E-state index contributed by atoms with van der Waals surface area (Å²) in [6.45, 7) is 3.13. The van der Waals surface area contributed by atoms with Crippen molar-refractivity contribution in [3.05, 3.63) is 78.1 Å². The third-order valence-corrected chi connectivity index (χ3v) is 7.20. The maximum absolute atomic E-state index is 13.7. The minimum Gasteiger partial charge on any atom is -0.342 e. The van der Waals surface area contributed by atoms with E-state index in [1.807, 2.05) is 47.4 Å². The molecule has 1 amide bonds. The average molecular weight is 460 g/mol. The van der Waals surface area contributed by atoms with Gasteiger partial charge in [0, 0.05) is 17.7 Å². The lowest BCUT2D eigenvalue weighted by molar-refractivity contribution is -0.121. The Morgan fingerprint density at radius 3 is 2.56 bits per heavy atom. The van der Waals surface area contributed by atoms with Gasteiger partial charge in [0.2, 0.25) is 5.91 Å². The second kappa shape index (κ2) is 9.94. The zero-order chi connectivity index (χ0) is 23.5. The Bertz CT molecular complexity index is 1190. The number of fused-ring (bicyclic) bond motifs is 1. The van der Waals surface area contributed by atoms with E-state index in [0.29, 0.717) is 13.1 Å². The summed E-state index contributed by atoms with van der Waals surface area (Å²) >= 11 is 0. The summed E-state index contributed by atoms with van der Waals surface area (Å²) < 4.78 is 13.7. The highest BCUT2D eigenvalue weighted by atomic mass is 19.1. The molecule has 2 heterocycles. The number of likely N-dealkylation sites (tertiary alicyclic amines) is 1. The Morgan fingerprint density at radius 1 is 0.971 bits per heavy atom. The van der Waals surface area contributed by atoms with Gasteiger partial charge in [-0.15, -0.1) is 0 Å². The van der Waals surface area contributed by atoms with E-state index >= 15 is 0 Å². The van der Waals surface area contributed by atoms with Crippen LogP contribution in [0.1, 0.15) is 36.0 Å². The maximum atomic E-state index is 13.7. The van der Waals surface area contributed by atoms with Crippen LogP contribution in [0, 0.1) is 11.7 Å². The van der Waals surface area contributed by atoms with Gasteiger partial charge in [-0.1, -0.05) is 42.5 Å². The summed E-state index contributed by atoms with van der Waals surface area (Å²) in [6, 6.07) is 20.2. The number of halogens is 1. The fraction of sp³-hybridized carbons (Fsp3) is 0.357. The number of hydrogen-bond donors (Lipinski definition) is 1. The largest absolute Gasteiger partial charge is 0.342 e. The van der Waals surface area contributed by atoms with Crippen molar-refractivity contribution in [3.8, 4) is 0 Å². The highest BCUT2D eigenvalue weighted by molar-refractivity contribution is 5.99. The first-order valence-electron chi connectivity index (χ1n) is 12.1. The van der Waals surface area contributed by atoms with Crippen LogP contribution < -0.4 is 10.2 Å². The summed E-state index contributed by atoms with van der Waals surface area (Å²) in [4.78, 5) is 29.7. The molecule has 1 N–H and O–H groups in total. The fourth-order valence-electron chi connectivity index (χ4n) is 5.35. The van der Waals surface area contributed by atoms with Crippen molar-refractivity contribution in [2.24, 2.45) is 5.92 Å². The Kier molecular flexibility index (Phi) is 6.59. The Balaban J connectivity index is 1.12. The number of Topliss-reactive ketones (excluding diaryl/α,β-unsaturated/α-hetero) is 1. The van der Waals surface area contributed by atoms with E-state index in [0.717, 1.165) is 60.9 Å². The molecule has 5 nitrogen and oxygen atoms in total. The van der Waals surface area contributed by atoms with Crippen LogP contribution in [-0.2, 0) is 4.79 Å². The molecular weight excluding hydrogens is 429 g/mol. The maximum Gasteiger partial charge on any atom is 0.244 e. The standard InChI is InChI=1S/C28H30FN3O2/c29-24-7-3-8-25(18-24)32-19-30-28(34)27(32)21-12-15-31(16-13-21)14-4-9-26(33)23-11-10-20-5-1-2-6-22(20)17-23/h1-3,5-8,10-11,17-18,21,27H,4,9,12-16,19H2,(H,30,34). The molecule has 2 aliphatic rings. The van der Waals surface area contributed by atoms with Crippen LogP contribution in [-0.4, -0.2) is 48.9 Å². The van der Waals surface area contributed by atoms with Crippen molar-refractivity contribution in [1.82, 2.24) is 10.2 Å². The molecule has 3 aromatic rings. The third-order valence-electron chi connectivity index (χ3n) is 7.20. The lowest BCUT2D eigenvalue weighted by atomic mass is 9.88. The molecule has 2 saturated heterocycles. The number of hydrogen-bond acceptors (Lipinski definition) is 4. The molecule has 1 unspecified atom stereocenters. The van der Waals surface area contributed by atoms with Crippen LogP contribution in [0.25, 0.3) is 10.8 Å². The highest BCUT2D eigenvalue weighted by Gasteiger charge is 2.40. The van der Waals surface area contributed by atoms with Crippen molar-refractivity contribution in [2.75, 3.05) is 31.2 Å². The number of anilines is 1. The first-order valence-corrected chi connectivity index (χ1v) is 12.1. The molecule has 2 aliphatic heterocycles. The molecule has 3 aromatic carbocycles. The average Bonchev–Trinajstić information content (AvgIpc) is 3.25. The molecule has 34 heavy (non-hydrogen) atoms. The van der Waals surface area contributed by atoms with Gasteiger partial charge in [0.1, 0.15) is 11.9 Å². The number of carbonyl (C=O) groups is 2. The highest BCUT2D eigenvalue weighted by Crippen LogP contribution is 2.30. The van der Waals surface area contributed by atoms with Crippen LogP contribution in [0.5, 0.6) is 0 Å². The number of benzene rings is 3. The van der Waals surface area contributed by atoms with E-state index in [1.54, 1.807) is 6.07 Å². The van der Waals surface area contributed by atoms with Crippen LogP contribution in [0.3, 0.4) is 0 Å². The molecule has 6 heteroatoms. The molecule has 1 atom stereocenters. The normalized spacial score (nSPS) is 19.5. The van der Waals surface area contributed by atoms with E-state index in [1.165, 1.54) is 12.1 Å². The summed E-state index contributed by atoms with van der Waals surface area (Å²) in [7, 11) is 0. The predicted octanol–water partition coefficient (Wildman–Crippen LogP) is 4.62. The van der Waals surface area contributed by atoms with Gasteiger partial charge in [-0.2, -0.15) is 0 Å². The van der Waals surface area contributed by atoms with Gasteiger partial charge in [-0.3, -0.25) is 9.59 Å². The molecule has 0 saturated carbocycles. The van der Waals surface area contributed by atoms with E-state index in [4.69, 9.17) is 0 Å². The van der Waals surface area contributed by atoms with Crippen LogP contribution >= 0.6 is 0 Å². The molecule has 176 valence electrons. The number of nitrogens with zero attached hydrogens (tertiary/aromatic N) is 2. The smallest absolute Gasteiger partial charge is 0.244 e. The summed E-state index contributed by atoms with van der Waals surface area (Å²) in [5.74, 6) is 0.169. The zero-order valence-electron chi connectivity index (χ0n) is 19.3. The second-order valence-electron chi connectivity index (χ2n) is 9.36. The molecule has 2 fully saturated rings. The molecule has 0 aromatic heterocycles. The Hall–Kier alpha value is -3.25. The molecule has 0 bridgehead atoms. The zero-order valence-corrected chi connectivity index (χ0v) is 19.3. The van der Waals surface area contributed by atoms with Crippen molar-refractivity contribution < 1.29 is 14.0 Å². The van der Waals surface area contributed by atoms with Gasteiger partial charge in [0.15, 0.2) is 5.78 Å². The number of amides is 1. The Morgan fingerprint density at radius 2 is 1.76 bits per heavy atom. The lowest BCUT2D eigenvalue weighted by Gasteiger charge is -2.37. The van der Waals surface area contributed by atoms with E-state index in [2.05, 4.69) is 16.3 Å². The van der Waals surface area contributed by atoms with Crippen LogP contribution in [0.4, 0.5) is 10.1 Å². The van der Waals surface area contributed by atoms with E-state index < -0.39 is 0 Å². The topological polar surface area (TPSA) is 52.7 Å². The molecular formula is C28H30FN3O2. The van der Waals surface area contributed by atoms with Gasteiger partial charge in [0.05, 0.1) is 6.67 Å². The van der Waals surface area contributed by atoms with Gasteiger partial charge < -0.3 is 15.1 Å². The number of carbonyl (C=O) groups excluding carboxylic acids is 2. The summed E-state index contributed by atoms with van der Waals surface area (Å²) in [5, 5.41) is 5.18. The van der Waals surface area contributed by atoms with E-state index in [9.17, 15) is 14.0 Å². The summed E-state index contributed by atoms with van der Waals surface area (Å²) in [6.07, 6.45) is 3.21. The van der Waals surface area contributed by atoms with Crippen LogP contribution in [0.2, 0.25) is 0 Å². The predicted molar refractivity (Wildman–Crippen MR) is 132 cm³/mol. The van der Waals surface area contributed by atoms with Crippen molar-refractivity contribution in [3.63, 3.8) is 0 Å². The van der Waals surface area contributed by atoms with Gasteiger partial charge in [0.25, 0.3) is 0 Å². The van der Waals surface area contributed by atoms with Gasteiger partial charge >= 0.3 is 0 Å². The van der Waals surface area contributed by atoms with Crippen molar-refractivity contribution >= 4 is 28.2 Å². The fourth-order valence-corrected chi connectivity index (χ4v) is 5.35. The van der Waals surface area contributed by atoms with Gasteiger partial charge in [-0.25, -0.2) is 4.39 Å². The van der Waals surface area contributed by atoms with Gasteiger partial charge in [-0.05, 0) is 79.9 Å². The van der Waals surface area contributed by atoms with Crippen molar-refractivity contribution in [1.29, 1.82) is 0 Å². The quantitative estimate of drug-likeness (QED) is 0.524. The number of ketones is 1. The second-order valence-corrected chi connectivity index (χ2v) is 9.36.